The van der Waals surface area contributed by atoms with Crippen LogP contribution in [0.15, 0.2) is 59.5 Å². The van der Waals surface area contributed by atoms with Gasteiger partial charge in [0.2, 0.25) is 5.72 Å². The highest BCUT2D eigenvalue weighted by Crippen LogP contribution is 2.27. The van der Waals surface area contributed by atoms with Crippen LogP contribution in [0.4, 0.5) is 14.4 Å². The summed E-state index contributed by atoms with van der Waals surface area (Å²) in [5, 5.41) is 14.0. The number of urea groups is 1. The van der Waals surface area contributed by atoms with Crippen LogP contribution in [0.2, 0.25) is 0 Å². The molecule has 4 amide bonds. The van der Waals surface area contributed by atoms with Crippen molar-refractivity contribution in [3.05, 3.63) is 54.6 Å². The van der Waals surface area contributed by atoms with Crippen molar-refractivity contribution in [2.24, 2.45) is 0 Å². The summed E-state index contributed by atoms with van der Waals surface area (Å²) in [6.07, 6.45) is -3.70. The molecule has 1 unspecified atom stereocenters. The van der Waals surface area contributed by atoms with E-state index in [1.54, 1.807) is 24.3 Å². The maximum atomic E-state index is 13.3. The van der Waals surface area contributed by atoms with Crippen molar-refractivity contribution in [2.75, 3.05) is 12.3 Å². The fourth-order valence-corrected chi connectivity index (χ4v) is 5.27. The monoisotopic (exact) mass is 591 g/mol. The zero-order valence-electron chi connectivity index (χ0n) is 23.3. The zero-order valence-corrected chi connectivity index (χ0v) is 24.1. The number of hydrogen-bond donors (Lipinski definition) is 3. The molecule has 13 nitrogen and oxygen atoms in total. The van der Waals surface area contributed by atoms with E-state index in [4.69, 9.17) is 14.2 Å². The molecular weight excluding hydrogens is 558 g/mol. The van der Waals surface area contributed by atoms with E-state index in [-0.39, 0.29) is 4.90 Å². The Morgan fingerprint density at radius 3 is 2.07 bits per heavy atom. The predicted octanol–water partition coefficient (Wildman–Crippen LogP) is 3.89. The summed E-state index contributed by atoms with van der Waals surface area (Å²) in [7, 11) is -4.10. The summed E-state index contributed by atoms with van der Waals surface area (Å²) in [4.78, 5) is 50.5. The smallest absolute Gasteiger partial charge is 0.465 e. The zero-order chi connectivity index (χ0) is 30.6. The average molecular weight is 592 g/mol. The van der Waals surface area contributed by atoms with E-state index < -0.39 is 69.6 Å². The van der Waals surface area contributed by atoms with E-state index in [9.17, 15) is 32.7 Å². The summed E-state index contributed by atoms with van der Waals surface area (Å²) in [6.45, 7) is 6.67. The van der Waals surface area contributed by atoms with Crippen molar-refractivity contribution in [1.82, 2.24) is 15.5 Å². The van der Waals surface area contributed by atoms with Gasteiger partial charge in [-0.15, -0.1) is 0 Å². The molecule has 3 N–H and O–H groups in total. The Balaban J connectivity index is 1.89. The second-order valence-corrected chi connectivity index (χ2v) is 13.0. The summed E-state index contributed by atoms with van der Waals surface area (Å²) in [5.74, 6) is -0.534. The lowest BCUT2D eigenvalue weighted by Gasteiger charge is -2.35. The molecule has 1 atom stereocenters. The van der Waals surface area contributed by atoms with Crippen LogP contribution in [-0.2, 0) is 24.1 Å². The Morgan fingerprint density at radius 1 is 0.976 bits per heavy atom. The van der Waals surface area contributed by atoms with E-state index in [2.05, 4.69) is 5.32 Å². The Bertz CT molecular complexity index is 1400. The molecule has 1 fully saturated rings. The topological polar surface area (TPSA) is 178 Å². The maximum Gasteiger partial charge on any atom is 0.511 e. The van der Waals surface area contributed by atoms with Gasteiger partial charge in [-0.3, -0.25) is 15.0 Å². The van der Waals surface area contributed by atoms with Gasteiger partial charge in [0.1, 0.15) is 22.6 Å². The van der Waals surface area contributed by atoms with Gasteiger partial charge in [-0.05, 0) is 71.0 Å². The SMILES string of the molecule is CC(C)(C)OC(=O)OC(CCS(=O)(=O)c1ccc(Oc2ccccc2)cc1)(CN1C(=O)NC(C)(C)C1=O)NC(=O)O. The number of hydrogen-bond acceptors (Lipinski definition) is 9. The lowest BCUT2D eigenvalue weighted by Crippen LogP contribution is -2.60. The summed E-state index contributed by atoms with van der Waals surface area (Å²) >= 11 is 0. The summed E-state index contributed by atoms with van der Waals surface area (Å²) in [5.41, 5.74) is -4.75. The molecule has 0 radical (unpaired) electrons. The molecule has 41 heavy (non-hydrogen) atoms. The van der Waals surface area contributed by atoms with Crippen LogP contribution in [0.1, 0.15) is 41.0 Å². The van der Waals surface area contributed by atoms with Gasteiger partial charge in [0.25, 0.3) is 5.91 Å². The summed E-state index contributed by atoms with van der Waals surface area (Å²) < 4.78 is 42.7. The first-order valence-corrected chi connectivity index (χ1v) is 14.2. The minimum absolute atomic E-state index is 0.115. The Hall–Kier alpha value is -4.33. The van der Waals surface area contributed by atoms with Crippen LogP contribution in [-0.4, -0.2) is 71.8 Å². The lowest BCUT2D eigenvalue weighted by molar-refractivity contribution is -0.135. The highest BCUT2D eigenvalue weighted by atomic mass is 32.2. The normalized spacial score (nSPS) is 16.4. The molecule has 222 valence electrons. The second kappa shape index (κ2) is 11.6. The number of nitrogens with one attached hydrogen (secondary N) is 2. The van der Waals surface area contributed by atoms with E-state index in [0.717, 1.165) is 0 Å². The average Bonchev–Trinajstić information content (AvgIpc) is 3.03. The second-order valence-electron chi connectivity index (χ2n) is 10.9. The van der Waals surface area contributed by atoms with Crippen LogP contribution < -0.4 is 15.4 Å². The number of rotatable bonds is 10. The van der Waals surface area contributed by atoms with Crippen molar-refractivity contribution >= 4 is 34.0 Å². The van der Waals surface area contributed by atoms with Gasteiger partial charge in [0.15, 0.2) is 9.84 Å². The summed E-state index contributed by atoms with van der Waals surface area (Å²) in [6, 6.07) is 13.5. The molecule has 0 aromatic heterocycles. The van der Waals surface area contributed by atoms with Crippen molar-refractivity contribution in [3.63, 3.8) is 0 Å². The number of sulfone groups is 1. The number of carbonyl (C=O) groups is 4. The van der Waals surface area contributed by atoms with Crippen molar-refractivity contribution < 1.29 is 46.9 Å². The number of imide groups is 1. The molecule has 14 heteroatoms. The van der Waals surface area contributed by atoms with Gasteiger partial charge in [-0.2, -0.15) is 0 Å². The van der Waals surface area contributed by atoms with Crippen molar-refractivity contribution in [1.29, 1.82) is 0 Å². The predicted molar refractivity (Wildman–Crippen MR) is 145 cm³/mol. The molecule has 0 saturated carbocycles. The molecule has 1 aliphatic heterocycles. The van der Waals surface area contributed by atoms with Crippen LogP contribution in [0, 0.1) is 0 Å². The minimum atomic E-state index is -4.10. The van der Waals surface area contributed by atoms with Gasteiger partial charge >= 0.3 is 18.3 Å². The van der Waals surface area contributed by atoms with E-state index in [1.165, 1.54) is 58.9 Å². The van der Waals surface area contributed by atoms with Crippen LogP contribution in [0.5, 0.6) is 11.5 Å². The molecule has 0 bridgehead atoms. The Morgan fingerprint density at radius 2 is 1.56 bits per heavy atom. The van der Waals surface area contributed by atoms with Gasteiger partial charge in [0, 0.05) is 6.42 Å². The molecule has 3 rings (SSSR count). The number of nitrogens with zero attached hydrogens (tertiary/aromatic N) is 1. The highest BCUT2D eigenvalue weighted by Gasteiger charge is 2.50. The van der Waals surface area contributed by atoms with E-state index in [0.29, 0.717) is 16.4 Å². The maximum absolute atomic E-state index is 13.3. The number of ether oxygens (including phenoxy) is 3. The number of para-hydroxylation sites is 1. The number of amides is 4. The Labute approximate surface area is 237 Å². The number of carbonyl (C=O) groups excluding carboxylic acids is 3. The third-order valence-corrected chi connectivity index (χ3v) is 7.53. The van der Waals surface area contributed by atoms with Crippen LogP contribution in [0.3, 0.4) is 0 Å². The van der Waals surface area contributed by atoms with E-state index in [1.807, 2.05) is 11.4 Å². The van der Waals surface area contributed by atoms with Crippen molar-refractivity contribution in [2.45, 2.75) is 62.8 Å². The third kappa shape index (κ3) is 8.33. The number of benzene rings is 2. The first kappa shape index (κ1) is 31.2. The highest BCUT2D eigenvalue weighted by molar-refractivity contribution is 7.91. The lowest BCUT2D eigenvalue weighted by atomic mass is 10.1. The standard InChI is InChI=1S/C27H33N3O10S/c1-25(2,3)39-24(35)40-27(29-23(33)34,17-30-21(31)26(4,5)28-22(30)32)15-16-41(36,37)20-13-11-19(12-14-20)38-18-9-7-6-8-10-18/h6-14,29H,15-17H2,1-5H3,(H,28,32)(H,33,34). The molecule has 1 heterocycles. The van der Waals surface area contributed by atoms with Crippen LogP contribution >= 0.6 is 0 Å². The van der Waals surface area contributed by atoms with Gasteiger partial charge < -0.3 is 24.6 Å². The fraction of sp³-hybridized carbons (Fsp3) is 0.407. The van der Waals surface area contributed by atoms with Gasteiger partial charge in [0.05, 0.1) is 17.2 Å². The largest absolute Gasteiger partial charge is 0.511 e. The first-order chi connectivity index (χ1) is 18.9. The third-order valence-electron chi connectivity index (χ3n) is 5.80. The molecule has 2 aromatic rings. The first-order valence-electron chi connectivity index (χ1n) is 12.5. The molecule has 2 aromatic carbocycles. The molecule has 0 spiro atoms. The quantitative estimate of drug-likeness (QED) is 0.209. The fourth-order valence-electron chi connectivity index (χ4n) is 3.89. The van der Waals surface area contributed by atoms with Crippen molar-refractivity contribution in [3.8, 4) is 11.5 Å². The Kier molecular flexibility index (Phi) is 8.86. The number of carboxylic acid groups (broad SMARTS) is 1. The molecule has 0 aliphatic carbocycles. The van der Waals surface area contributed by atoms with E-state index >= 15 is 0 Å². The molecule has 1 aliphatic rings. The van der Waals surface area contributed by atoms with Gasteiger partial charge in [-0.1, -0.05) is 18.2 Å². The molecular formula is C27H33N3O10S. The molecule has 1 saturated heterocycles. The minimum Gasteiger partial charge on any atom is -0.465 e. The van der Waals surface area contributed by atoms with Gasteiger partial charge in [-0.25, -0.2) is 22.8 Å². The van der Waals surface area contributed by atoms with Crippen LogP contribution in [0.25, 0.3) is 0 Å².